The largest absolute Gasteiger partial charge is 0.350 e. The van der Waals surface area contributed by atoms with E-state index in [-0.39, 0.29) is 17.8 Å². The molecular weight excluding hydrogens is 207 g/mol. The molecule has 3 N–H and O–H groups in total. The molecule has 3 nitrogen and oxygen atoms in total. The average molecular weight is 224 g/mol. The van der Waals surface area contributed by atoms with Crippen molar-refractivity contribution < 1.29 is 9.18 Å². The van der Waals surface area contributed by atoms with Gasteiger partial charge in [0, 0.05) is 6.42 Å². The topological polar surface area (TPSA) is 55.1 Å². The maximum absolute atomic E-state index is 12.7. The molecule has 0 fully saturated rings. The number of amides is 1. The molecule has 1 rings (SSSR count). The highest BCUT2D eigenvalue weighted by molar-refractivity contribution is 5.76. The summed E-state index contributed by atoms with van der Waals surface area (Å²) in [7, 11) is 0. The molecule has 1 amide bonds. The van der Waals surface area contributed by atoms with Crippen molar-refractivity contribution >= 4 is 5.91 Å². The average Bonchev–Trinajstić information content (AvgIpc) is 2.27. The van der Waals surface area contributed by atoms with E-state index in [9.17, 15) is 9.18 Å². The normalized spacial score (nSPS) is 12.2. The molecule has 1 aromatic rings. The van der Waals surface area contributed by atoms with Crippen LogP contribution in [-0.2, 0) is 4.79 Å². The molecule has 0 saturated heterocycles. The third-order valence-electron chi connectivity index (χ3n) is 2.36. The van der Waals surface area contributed by atoms with Gasteiger partial charge in [0.15, 0.2) is 0 Å². The molecule has 0 unspecified atom stereocenters. The molecule has 0 saturated carbocycles. The molecular formula is C12H17FN2O. The number of hydrogen-bond donors (Lipinski definition) is 2. The second-order valence-corrected chi connectivity index (χ2v) is 3.73. The molecule has 0 aliphatic heterocycles. The fraction of sp³-hybridized carbons (Fsp3) is 0.417. The highest BCUT2D eigenvalue weighted by atomic mass is 19.1. The molecule has 1 aromatic carbocycles. The Hall–Kier alpha value is -1.42. The maximum Gasteiger partial charge on any atom is 0.220 e. The Morgan fingerprint density at radius 1 is 1.44 bits per heavy atom. The molecule has 0 aromatic heterocycles. The third kappa shape index (κ3) is 3.98. The molecule has 4 heteroatoms. The fourth-order valence-electron chi connectivity index (χ4n) is 1.41. The number of benzene rings is 1. The van der Waals surface area contributed by atoms with E-state index < -0.39 is 0 Å². The standard InChI is InChI=1S/C12H17FN2O/c1-9(15-12(16)3-2-8-14)10-4-6-11(13)7-5-10/h4-7,9H,2-3,8,14H2,1H3,(H,15,16)/t9-/m0/s1. The van der Waals surface area contributed by atoms with Crippen LogP contribution in [-0.4, -0.2) is 12.5 Å². The number of halogens is 1. The van der Waals surface area contributed by atoms with E-state index in [0.29, 0.717) is 19.4 Å². The van der Waals surface area contributed by atoms with Gasteiger partial charge in [-0.15, -0.1) is 0 Å². The summed E-state index contributed by atoms with van der Waals surface area (Å²) in [4.78, 5) is 11.4. The van der Waals surface area contributed by atoms with Crippen LogP contribution in [0.5, 0.6) is 0 Å². The molecule has 0 radical (unpaired) electrons. The van der Waals surface area contributed by atoms with Gasteiger partial charge >= 0.3 is 0 Å². The van der Waals surface area contributed by atoms with Crippen LogP contribution in [0, 0.1) is 5.82 Å². The van der Waals surface area contributed by atoms with Crippen LogP contribution in [0.25, 0.3) is 0 Å². The van der Waals surface area contributed by atoms with E-state index in [1.807, 2.05) is 6.92 Å². The summed E-state index contributed by atoms with van der Waals surface area (Å²) in [6.45, 7) is 2.38. The first-order valence-electron chi connectivity index (χ1n) is 5.38. The van der Waals surface area contributed by atoms with E-state index in [2.05, 4.69) is 5.32 Å². The molecule has 0 spiro atoms. The van der Waals surface area contributed by atoms with Crippen molar-refractivity contribution in [1.82, 2.24) is 5.32 Å². The van der Waals surface area contributed by atoms with Crippen molar-refractivity contribution in [3.8, 4) is 0 Å². The minimum atomic E-state index is -0.273. The van der Waals surface area contributed by atoms with Gasteiger partial charge in [-0.25, -0.2) is 4.39 Å². The number of rotatable bonds is 5. The van der Waals surface area contributed by atoms with Crippen LogP contribution < -0.4 is 11.1 Å². The fourth-order valence-corrected chi connectivity index (χ4v) is 1.41. The molecule has 0 heterocycles. The second-order valence-electron chi connectivity index (χ2n) is 3.73. The Balaban J connectivity index is 2.48. The quantitative estimate of drug-likeness (QED) is 0.800. The smallest absolute Gasteiger partial charge is 0.220 e. The molecule has 88 valence electrons. The van der Waals surface area contributed by atoms with Gasteiger partial charge in [-0.3, -0.25) is 4.79 Å². The minimum absolute atomic E-state index is 0.0257. The Kier molecular flexibility index (Phi) is 4.92. The highest BCUT2D eigenvalue weighted by Crippen LogP contribution is 2.12. The van der Waals surface area contributed by atoms with Crippen LogP contribution in [0.1, 0.15) is 31.4 Å². The van der Waals surface area contributed by atoms with E-state index in [1.54, 1.807) is 12.1 Å². The van der Waals surface area contributed by atoms with Crippen molar-refractivity contribution in [2.75, 3.05) is 6.54 Å². The van der Waals surface area contributed by atoms with E-state index >= 15 is 0 Å². The van der Waals surface area contributed by atoms with Gasteiger partial charge in [-0.2, -0.15) is 0 Å². The van der Waals surface area contributed by atoms with E-state index in [0.717, 1.165) is 5.56 Å². The monoisotopic (exact) mass is 224 g/mol. The Labute approximate surface area is 94.8 Å². The summed E-state index contributed by atoms with van der Waals surface area (Å²) >= 11 is 0. The van der Waals surface area contributed by atoms with Crippen molar-refractivity contribution in [3.05, 3.63) is 35.6 Å². The summed E-state index contributed by atoms with van der Waals surface area (Å²) in [6, 6.07) is 6.01. The van der Waals surface area contributed by atoms with Gasteiger partial charge in [0.05, 0.1) is 6.04 Å². The first-order chi connectivity index (χ1) is 7.63. The molecule has 1 atom stereocenters. The van der Waals surface area contributed by atoms with Gasteiger partial charge in [-0.1, -0.05) is 12.1 Å². The van der Waals surface area contributed by atoms with E-state index in [4.69, 9.17) is 5.73 Å². The van der Waals surface area contributed by atoms with Crippen LogP contribution >= 0.6 is 0 Å². The first-order valence-corrected chi connectivity index (χ1v) is 5.38. The van der Waals surface area contributed by atoms with Crippen molar-refractivity contribution in [3.63, 3.8) is 0 Å². The Morgan fingerprint density at radius 2 is 2.06 bits per heavy atom. The zero-order valence-corrected chi connectivity index (χ0v) is 9.37. The summed E-state index contributed by atoms with van der Waals surface area (Å²) in [5.74, 6) is -0.298. The lowest BCUT2D eigenvalue weighted by molar-refractivity contribution is -0.121. The second kappa shape index (κ2) is 6.23. The SMILES string of the molecule is C[C@H](NC(=O)CCCN)c1ccc(F)cc1. The van der Waals surface area contributed by atoms with Gasteiger partial charge in [-0.05, 0) is 37.6 Å². The summed E-state index contributed by atoms with van der Waals surface area (Å²) < 4.78 is 12.7. The lowest BCUT2D eigenvalue weighted by atomic mass is 10.1. The van der Waals surface area contributed by atoms with Crippen LogP contribution in [0.4, 0.5) is 4.39 Å². The van der Waals surface area contributed by atoms with Crippen molar-refractivity contribution in [2.45, 2.75) is 25.8 Å². The van der Waals surface area contributed by atoms with Crippen LogP contribution in [0.15, 0.2) is 24.3 Å². The summed E-state index contributed by atoms with van der Waals surface area (Å²) in [5, 5.41) is 2.83. The first kappa shape index (κ1) is 12.6. The number of carbonyl (C=O) groups is 1. The zero-order valence-electron chi connectivity index (χ0n) is 9.37. The van der Waals surface area contributed by atoms with Gasteiger partial charge in [0.1, 0.15) is 5.82 Å². The number of nitrogens with one attached hydrogen (secondary N) is 1. The van der Waals surface area contributed by atoms with Crippen LogP contribution in [0.2, 0.25) is 0 Å². The van der Waals surface area contributed by atoms with Gasteiger partial charge < -0.3 is 11.1 Å². The Morgan fingerprint density at radius 3 is 2.62 bits per heavy atom. The highest BCUT2D eigenvalue weighted by Gasteiger charge is 2.08. The number of hydrogen-bond acceptors (Lipinski definition) is 2. The zero-order chi connectivity index (χ0) is 12.0. The van der Waals surface area contributed by atoms with Gasteiger partial charge in [0.2, 0.25) is 5.91 Å². The predicted octanol–water partition coefficient (Wildman–Crippen LogP) is 1.74. The Bertz CT molecular complexity index is 337. The minimum Gasteiger partial charge on any atom is -0.350 e. The summed E-state index contributed by atoms with van der Waals surface area (Å²) in [6.07, 6.45) is 1.12. The predicted molar refractivity (Wildman–Crippen MR) is 61.2 cm³/mol. The molecule has 0 bridgehead atoms. The van der Waals surface area contributed by atoms with Crippen molar-refractivity contribution in [2.24, 2.45) is 5.73 Å². The molecule has 16 heavy (non-hydrogen) atoms. The van der Waals surface area contributed by atoms with E-state index in [1.165, 1.54) is 12.1 Å². The lowest BCUT2D eigenvalue weighted by Gasteiger charge is -2.14. The van der Waals surface area contributed by atoms with Crippen molar-refractivity contribution in [1.29, 1.82) is 0 Å². The maximum atomic E-state index is 12.7. The molecule has 0 aliphatic carbocycles. The third-order valence-corrected chi connectivity index (χ3v) is 2.36. The lowest BCUT2D eigenvalue weighted by Crippen LogP contribution is -2.26. The molecule has 0 aliphatic rings. The summed E-state index contributed by atoms with van der Waals surface area (Å²) in [5.41, 5.74) is 6.20. The van der Waals surface area contributed by atoms with Gasteiger partial charge in [0.25, 0.3) is 0 Å². The number of carbonyl (C=O) groups excluding carboxylic acids is 1. The van der Waals surface area contributed by atoms with Crippen LogP contribution in [0.3, 0.4) is 0 Å². The number of nitrogens with two attached hydrogens (primary N) is 1.